The lowest BCUT2D eigenvalue weighted by Gasteiger charge is -2.03. The molecule has 0 unspecified atom stereocenters. The molecule has 0 fully saturated rings. The Balaban J connectivity index is 1.85. The minimum Gasteiger partial charge on any atom is -0.455 e. The summed E-state index contributed by atoms with van der Waals surface area (Å²) in [5, 5.41) is 5.03. The predicted octanol–water partition coefficient (Wildman–Crippen LogP) is 4.55. The van der Waals surface area contributed by atoms with E-state index in [4.69, 9.17) is 4.42 Å². The van der Waals surface area contributed by atoms with E-state index >= 15 is 0 Å². The van der Waals surface area contributed by atoms with Crippen molar-refractivity contribution < 1.29 is 13.2 Å². The number of halogens is 2. The maximum Gasteiger partial charge on any atom is 0.151 e. The second-order valence-electron chi connectivity index (χ2n) is 4.58. The van der Waals surface area contributed by atoms with E-state index in [1.807, 2.05) is 30.3 Å². The zero-order valence-corrected chi connectivity index (χ0v) is 11.2. The smallest absolute Gasteiger partial charge is 0.151 e. The van der Waals surface area contributed by atoms with Crippen LogP contribution < -0.4 is 5.43 Å². The fraction of sp³-hybridized carbons (Fsp3) is 0.0625. The Labute approximate surface area is 119 Å². The molecule has 0 aliphatic rings. The Morgan fingerprint density at radius 2 is 1.90 bits per heavy atom. The number of fused-ring (bicyclic) bond motifs is 1. The lowest BCUT2D eigenvalue weighted by atomic mass is 10.2. The molecule has 1 aromatic heterocycles. The largest absolute Gasteiger partial charge is 0.455 e. The summed E-state index contributed by atoms with van der Waals surface area (Å²) in [5.41, 5.74) is 4.00. The van der Waals surface area contributed by atoms with Crippen LogP contribution in [-0.2, 0) is 0 Å². The maximum absolute atomic E-state index is 13.5. The highest BCUT2D eigenvalue weighted by atomic mass is 19.1. The SMILES string of the molecule is C/C(=N\Nc1ccc(F)cc1F)c1cc2ccccc2o1. The predicted molar refractivity (Wildman–Crippen MR) is 78.4 cm³/mol. The highest BCUT2D eigenvalue weighted by Crippen LogP contribution is 2.20. The molecule has 0 aliphatic carbocycles. The first-order chi connectivity index (χ1) is 10.1. The third-order valence-electron chi connectivity index (χ3n) is 3.06. The van der Waals surface area contributed by atoms with Gasteiger partial charge in [0.2, 0.25) is 0 Å². The van der Waals surface area contributed by atoms with Crippen molar-refractivity contribution in [3.63, 3.8) is 0 Å². The van der Waals surface area contributed by atoms with Crippen molar-refractivity contribution in [1.82, 2.24) is 0 Å². The first kappa shape index (κ1) is 13.3. The lowest BCUT2D eigenvalue weighted by molar-refractivity contribution is 0.585. The lowest BCUT2D eigenvalue weighted by Crippen LogP contribution is -2.00. The summed E-state index contributed by atoms with van der Waals surface area (Å²) < 4.78 is 31.9. The van der Waals surface area contributed by atoms with Crippen molar-refractivity contribution in [2.24, 2.45) is 5.10 Å². The first-order valence-corrected chi connectivity index (χ1v) is 6.38. The number of furan rings is 1. The molecule has 1 heterocycles. The average Bonchev–Trinajstić information content (AvgIpc) is 2.90. The van der Waals surface area contributed by atoms with Crippen LogP contribution in [0, 0.1) is 11.6 Å². The second kappa shape index (κ2) is 5.36. The Hall–Kier alpha value is -2.69. The van der Waals surface area contributed by atoms with Crippen LogP contribution in [0.5, 0.6) is 0 Å². The molecule has 5 heteroatoms. The summed E-state index contributed by atoms with van der Waals surface area (Å²) in [6.45, 7) is 1.74. The van der Waals surface area contributed by atoms with E-state index in [1.165, 1.54) is 6.07 Å². The van der Waals surface area contributed by atoms with Gasteiger partial charge in [-0.1, -0.05) is 18.2 Å². The Morgan fingerprint density at radius 1 is 1.10 bits per heavy atom. The van der Waals surface area contributed by atoms with Gasteiger partial charge in [0.05, 0.1) is 5.69 Å². The highest BCUT2D eigenvalue weighted by molar-refractivity contribution is 6.00. The van der Waals surface area contributed by atoms with Gasteiger partial charge in [-0.2, -0.15) is 5.10 Å². The minimum absolute atomic E-state index is 0.104. The van der Waals surface area contributed by atoms with E-state index in [-0.39, 0.29) is 5.69 Å². The van der Waals surface area contributed by atoms with Crippen LogP contribution in [-0.4, -0.2) is 5.71 Å². The van der Waals surface area contributed by atoms with Crippen LogP contribution in [0.25, 0.3) is 11.0 Å². The van der Waals surface area contributed by atoms with Crippen molar-refractivity contribution in [3.05, 3.63) is 65.9 Å². The molecule has 0 amide bonds. The van der Waals surface area contributed by atoms with Gasteiger partial charge in [0, 0.05) is 11.5 Å². The van der Waals surface area contributed by atoms with Crippen LogP contribution in [0.15, 0.2) is 58.0 Å². The summed E-state index contributed by atoms with van der Waals surface area (Å²) in [4.78, 5) is 0. The number of benzene rings is 2. The van der Waals surface area contributed by atoms with Gasteiger partial charge in [0.25, 0.3) is 0 Å². The molecular formula is C16H12F2N2O. The minimum atomic E-state index is -0.698. The number of hydrogen-bond acceptors (Lipinski definition) is 3. The molecule has 21 heavy (non-hydrogen) atoms. The number of hydrogen-bond donors (Lipinski definition) is 1. The normalized spacial score (nSPS) is 11.9. The summed E-state index contributed by atoms with van der Waals surface area (Å²) in [7, 11) is 0. The molecular weight excluding hydrogens is 274 g/mol. The second-order valence-corrected chi connectivity index (χ2v) is 4.58. The van der Waals surface area contributed by atoms with Crippen LogP contribution >= 0.6 is 0 Å². The van der Waals surface area contributed by atoms with Gasteiger partial charge in [-0.05, 0) is 31.2 Å². The standard InChI is InChI=1S/C16H12F2N2O/c1-10(16-8-11-4-2-3-5-15(11)21-16)19-20-14-7-6-12(17)9-13(14)18/h2-9,20H,1H3/b19-10+. The summed E-state index contributed by atoms with van der Waals surface area (Å²) in [6, 6.07) is 12.7. The van der Waals surface area contributed by atoms with Gasteiger partial charge in [-0.15, -0.1) is 0 Å². The molecule has 0 saturated heterocycles. The molecule has 3 rings (SSSR count). The fourth-order valence-corrected chi connectivity index (χ4v) is 1.94. The van der Waals surface area contributed by atoms with Gasteiger partial charge in [-0.25, -0.2) is 8.78 Å². The number of nitrogens with zero attached hydrogens (tertiary/aromatic N) is 1. The molecule has 3 nitrogen and oxygen atoms in total. The van der Waals surface area contributed by atoms with Crippen LogP contribution in [0.2, 0.25) is 0 Å². The molecule has 3 aromatic rings. The number of rotatable bonds is 3. The van der Waals surface area contributed by atoms with E-state index in [0.717, 1.165) is 23.1 Å². The quantitative estimate of drug-likeness (QED) is 0.566. The number of hydrazone groups is 1. The van der Waals surface area contributed by atoms with Crippen LogP contribution in [0.3, 0.4) is 0 Å². The molecule has 0 bridgehead atoms. The van der Waals surface area contributed by atoms with Gasteiger partial charge in [0.15, 0.2) is 11.6 Å². The van der Waals surface area contributed by atoms with E-state index < -0.39 is 11.6 Å². The highest BCUT2D eigenvalue weighted by Gasteiger charge is 2.07. The van der Waals surface area contributed by atoms with Crippen molar-refractivity contribution in [1.29, 1.82) is 0 Å². The molecule has 0 radical (unpaired) electrons. The summed E-state index contributed by atoms with van der Waals surface area (Å²) in [6.07, 6.45) is 0. The topological polar surface area (TPSA) is 37.5 Å². The van der Waals surface area contributed by atoms with Crippen molar-refractivity contribution in [2.45, 2.75) is 6.92 Å². The van der Waals surface area contributed by atoms with Gasteiger partial charge >= 0.3 is 0 Å². The van der Waals surface area contributed by atoms with Gasteiger partial charge in [-0.3, -0.25) is 5.43 Å². The molecule has 1 N–H and O–H groups in total. The number of para-hydroxylation sites is 1. The number of anilines is 1. The number of nitrogens with one attached hydrogen (secondary N) is 1. The average molecular weight is 286 g/mol. The van der Waals surface area contributed by atoms with Gasteiger partial charge in [0.1, 0.15) is 17.1 Å². The molecule has 106 valence electrons. The molecule has 0 atom stereocenters. The Kier molecular flexibility index (Phi) is 3.39. The molecule has 0 spiro atoms. The summed E-state index contributed by atoms with van der Waals surface area (Å²) in [5.74, 6) is -0.738. The van der Waals surface area contributed by atoms with Crippen molar-refractivity contribution >= 4 is 22.4 Å². The van der Waals surface area contributed by atoms with Crippen LogP contribution in [0.1, 0.15) is 12.7 Å². The third-order valence-corrected chi connectivity index (χ3v) is 3.06. The van der Waals surface area contributed by atoms with Gasteiger partial charge < -0.3 is 4.42 Å². The molecule has 2 aromatic carbocycles. The van der Waals surface area contributed by atoms with E-state index in [2.05, 4.69) is 10.5 Å². The van der Waals surface area contributed by atoms with E-state index in [9.17, 15) is 8.78 Å². The molecule has 0 aliphatic heterocycles. The van der Waals surface area contributed by atoms with E-state index in [1.54, 1.807) is 6.92 Å². The maximum atomic E-state index is 13.5. The molecule has 0 saturated carbocycles. The van der Waals surface area contributed by atoms with Crippen molar-refractivity contribution in [3.8, 4) is 0 Å². The third kappa shape index (κ3) is 2.76. The zero-order valence-electron chi connectivity index (χ0n) is 11.2. The monoisotopic (exact) mass is 286 g/mol. The summed E-state index contributed by atoms with van der Waals surface area (Å²) >= 11 is 0. The van der Waals surface area contributed by atoms with E-state index in [0.29, 0.717) is 11.5 Å². The fourth-order valence-electron chi connectivity index (χ4n) is 1.94. The Morgan fingerprint density at radius 3 is 2.67 bits per heavy atom. The van der Waals surface area contributed by atoms with Crippen molar-refractivity contribution in [2.75, 3.05) is 5.43 Å². The van der Waals surface area contributed by atoms with Crippen LogP contribution in [0.4, 0.5) is 14.5 Å². The Bertz CT molecular complexity index is 791. The zero-order chi connectivity index (χ0) is 14.8. The first-order valence-electron chi connectivity index (χ1n) is 6.38.